The zero-order valence-corrected chi connectivity index (χ0v) is 8.74. The van der Waals surface area contributed by atoms with Gasteiger partial charge in [0.05, 0.1) is 9.89 Å². The highest BCUT2D eigenvalue weighted by Gasteiger charge is 2.06. The van der Waals surface area contributed by atoms with Gasteiger partial charge in [-0.15, -0.1) is 0 Å². The molecule has 0 aliphatic carbocycles. The summed E-state index contributed by atoms with van der Waals surface area (Å²) in [5.74, 6) is -1.04. The second-order valence-electron chi connectivity index (χ2n) is 2.60. The van der Waals surface area contributed by atoms with E-state index in [0.717, 1.165) is 11.1 Å². The van der Waals surface area contributed by atoms with Crippen LogP contribution in [0.4, 0.5) is 0 Å². The number of carboxylic acid groups (broad SMARTS) is 1. The van der Waals surface area contributed by atoms with Gasteiger partial charge in [0.25, 0.3) is 0 Å². The van der Waals surface area contributed by atoms with Gasteiger partial charge in [0.15, 0.2) is 0 Å². The van der Waals surface area contributed by atoms with Crippen molar-refractivity contribution in [3.63, 3.8) is 0 Å². The maximum absolute atomic E-state index is 10.5. The van der Waals surface area contributed by atoms with Gasteiger partial charge < -0.3 is 9.90 Å². The van der Waals surface area contributed by atoms with Gasteiger partial charge >= 0.3 is 0 Å². The molecule has 1 atom stereocenters. The second kappa shape index (κ2) is 3.89. The molecule has 12 heavy (non-hydrogen) atoms. The molecule has 0 aromatic heterocycles. The van der Waals surface area contributed by atoms with Crippen LogP contribution in [0.5, 0.6) is 0 Å². The maximum atomic E-state index is 10.5. The van der Waals surface area contributed by atoms with E-state index >= 15 is 0 Å². The Morgan fingerprint density at radius 1 is 1.58 bits per heavy atom. The van der Waals surface area contributed by atoms with Crippen LogP contribution in [0, 0.1) is 6.92 Å². The third-order valence-corrected chi connectivity index (χ3v) is 2.77. The Kier molecular flexibility index (Phi) is 3.08. The molecular weight excluding hydrogens is 267 g/mol. The molecule has 0 saturated heterocycles. The van der Waals surface area contributed by atoms with Gasteiger partial charge in [-0.25, -0.2) is 0 Å². The Hall–Kier alpha value is -0.580. The Morgan fingerprint density at radius 2 is 2.25 bits per heavy atom. The zero-order chi connectivity index (χ0) is 9.14. The fourth-order valence-corrected chi connectivity index (χ4v) is 1.35. The lowest BCUT2D eigenvalue weighted by Crippen LogP contribution is -2.26. The lowest BCUT2D eigenvalue weighted by molar-refractivity contribution is -0.304. The van der Waals surface area contributed by atoms with Crippen LogP contribution in [0.2, 0.25) is 0 Å². The van der Waals surface area contributed by atoms with Gasteiger partial charge in [0.2, 0.25) is 0 Å². The van der Waals surface area contributed by atoms with E-state index in [4.69, 9.17) is 0 Å². The summed E-state index contributed by atoms with van der Waals surface area (Å²) in [6.07, 6.45) is 0. The molecule has 1 rings (SSSR count). The van der Waals surface area contributed by atoms with Crippen LogP contribution in [0.3, 0.4) is 0 Å². The predicted molar refractivity (Wildman–Crippen MR) is 52.9 cm³/mol. The molecule has 0 amide bonds. The summed E-state index contributed by atoms with van der Waals surface area (Å²) in [5.41, 5.74) is 1.85. The number of hydrogen-bond acceptors (Lipinski definition) is 2. The SMILES string of the molecule is Cc1cccc(C(I)C(=O)[O-])c1. The van der Waals surface area contributed by atoms with Crippen molar-refractivity contribution in [3.05, 3.63) is 35.4 Å². The minimum atomic E-state index is -1.04. The van der Waals surface area contributed by atoms with E-state index in [9.17, 15) is 9.90 Å². The van der Waals surface area contributed by atoms with Crippen LogP contribution in [-0.2, 0) is 4.79 Å². The largest absolute Gasteiger partial charge is 0.549 e. The summed E-state index contributed by atoms with van der Waals surface area (Å²) in [7, 11) is 0. The zero-order valence-electron chi connectivity index (χ0n) is 6.58. The Labute approximate surface area is 84.7 Å². The molecule has 1 unspecified atom stereocenters. The van der Waals surface area contributed by atoms with Gasteiger partial charge in [-0.1, -0.05) is 52.4 Å². The van der Waals surface area contributed by atoms with Crippen LogP contribution in [-0.4, -0.2) is 5.97 Å². The smallest absolute Gasteiger partial charge is 0.0754 e. The van der Waals surface area contributed by atoms with E-state index < -0.39 is 9.89 Å². The predicted octanol–water partition coefficient (Wildman–Crippen LogP) is 1.22. The molecule has 0 bridgehead atoms. The molecule has 0 N–H and O–H groups in total. The third-order valence-electron chi connectivity index (χ3n) is 1.54. The van der Waals surface area contributed by atoms with Gasteiger partial charge in [-0.3, -0.25) is 0 Å². The van der Waals surface area contributed by atoms with E-state index in [1.165, 1.54) is 0 Å². The molecule has 0 aliphatic heterocycles. The van der Waals surface area contributed by atoms with Crippen molar-refractivity contribution in [3.8, 4) is 0 Å². The van der Waals surface area contributed by atoms with Gasteiger partial charge in [0, 0.05) is 0 Å². The molecule has 0 radical (unpaired) electrons. The first-order valence-electron chi connectivity index (χ1n) is 3.53. The minimum absolute atomic E-state index is 0.553. The van der Waals surface area contributed by atoms with E-state index in [0.29, 0.717) is 0 Å². The first-order chi connectivity index (χ1) is 5.61. The summed E-state index contributed by atoms with van der Waals surface area (Å²) in [5, 5.41) is 10.5. The molecule has 64 valence electrons. The molecule has 0 aliphatic rings. The average Bonchev–Trinajstić information content (AvgIpc) is 2.03. The van der Waals surface area contributed by atoms with Crippen molar-refractivity contribution in [1.82, 2.24) is 0 Å². The molecular formula is C9H8IO2-. The van der Waals surface area contributed by atoms with Crippen LogP contribution >= 0.6 is 22.6 Å². The summed E-state index contributed by atoms with van der Waals surface area (Å²) in [4.78, 5) is 10.5. The third kappa shape index (κ3) is 2.20. The van der Waals surface area contributed by atoms with Crippen molar-refractivity contribution in [2.24, 2.45) is 0 Å². The van der Waals surface area contributed by atoms with Crippen molar-refractivity contribution in [2.75, 3.05) is 0 Å². The molecule has 0 spiro atoms. The monoisotopic (exact) mass is 275 g/mol. The number of benzene rings is 1. The lowest BCUT2D eigenvalue weighted by atomic mass is 10.1. The van der Waals surface area contributed by atoms with E-state index in [-0.39, 0.29) is 0 Å². The number of carbonyl (C=O) groups is 1. The Balaban J connectivity index is 2.95. The fraction of sp³-hybridized carbons (Fsp3) is 0.222. The number of aliphatic carboxylic acids is 1. The Bertz CT molecular complexity index is 296. The second-order valence-corrected chi connectivity index (χ2v) is 3.84. The molecule has 1 aromatic rings. The van der Waals surface area contributed by atoms with Crippen molar-refractivity contribution in [1.29, 1.82) is 0 Å². The van der Waals surface area contributed by atoms with E-state index in [1.54, 1.807) is 6.07 Å². The van der Waals surface area contributed by atoms with Gasteiger partial charge in [-0.2, -0.15) is 0 Å². The van der Waals surface area contributed by atoms with Crippen molar-refractivity contribution in [2.45, 2.75) is 10.8 Å². The molecule has 0 heterocycles. The minimum Gasteiger partial charge on any atom is -0.549 e. The van der Waals surface area contributed by atoms with Gasteiger partial charge in [-0.05, 0) is 12.5 Å². The number of carbonyl (C=O) groups excluding carboxylic acids is 1. The van der Waals surface area contributed by atoms with Crippen molar-refractivity contribution < 1.29 is 9.90 Å². The number of alkyl halides is 1. The molecule has 0 fully saturated rings. The summed E-state index contributed by atoms with van der Waals surface area (Å²) in [6.45, 7) is 1.93. The first-order valence-corrected chi connectivity index (χ1v) is 4.77. The topological polar surface area (TPSA) is 40.1 Å². The number of hydrogen-bond donors (Lipinski definition) is 0. The molecule has 2 nitrogen and oxygen atoms in total. The average molecular weight is 275 g/mol. The summed E-state index contributed by atoms with van der Waals surface area (Å²) < 4.78 is -0.553. The summed E-state index contributed by atoms with van der Waals surface area (Å²) >= 11 is 1.85. The highest BCUT2D eigenvalue weighted by molar-refractivity contribution is 14.1. The summed E-state index contributed by atoms with van der Waals surface area (Å²) in [6, 6.07) is 7.42. The Morgan fingerprint density at radius 3 is 2.75 bits per heavy atom. The molecule has 3 heteroatoms. The highest BCUT2D eigenvalue weighted by Crippen LogP contribution is 2.22. The fourth-order valence-electron chi connectivity index (χ4n) is 0.964. The van der Waals surface area contributed by atoms with Crippen molar-refractivity contribution >= 4 is 28.6 Å². The lowest BCUT2D eigenvalue weighted by Gasteiger charge is -2.11. The quantitative estimate of drug-likeness (QED) is 0.601. The van der Waals surface area contributed by atoms with Gasteiger partial charge in [0.1, 0.15) is 0 Å². The number of halogens is 1. The van der Waals surface area contributed by atoms with Crippen LogP contribution in [0.25, 0.3) is 0 Å². The maximum Gasteiger partial charge on any atom is 0.0754 e. The van der Waals surface area contributed by atoms with Crippen LogP contribution in [0.15, 0.2) is 24.3 Å². The van der Waals surface area contributed by atoms with Crippen LogP contribution < -0.4 is 5.11 Å². The highest BCUT2D eigenvalue weighted by atomic mass is 127. The van der Waals surface area contributed by atoms with E-state index in [2.05, 4.69) is 0 Å². The number of carboxylic acids is 1. The molecule has 1 aromatic carbocycles. The normalized spacial score (nSPS) is 12.5. The van der Waals surface area contributed by atoms with Crippen LogP contribution in [0.1, 0.15) is 15.1 Å². The van der Waals surface area contributed by atoms with E-state index in [1.807, 2.05) is 47.7 Å². The first kappa shape index (κ1) is 9.51. The molecule has 0 saturated carbocycles. The number of aryl methyl sites for hydroxylation is 1. The number of rotatable bonds is 2. The standard InChI is InChI=1S/C9H9IO2/c1-6-3-2-4-7(5-6)8(10)9(11)12/h2-5,8H,1H3,(H,11,12)/p-1.